The fourth-order valence-electron chi connectivity index (χ4n) is 1.25. The van der Waals surface area contributed by atoms with Gasteiger partial charge in [-0.25, -0.2) is 4.79 Å². The van der Waals surface area contributed by atoms with Gasteiger partial charge in [0.15, 0.2) is 6.61 Å². The van der Waals surface area contributed by atoms with Crippen molar-refractivity contribution in [2.45, 2.75) is 6.92 Å². The van der Waals surface area contributed by atoms with Gasteiger partial charge in [0.2, 0.25) is 5.88 Å². The van der Waals surface area contributed by atoms with Crippen LogP contribution in [0.15, 0.2) is 22.0 Å². The van der Waals surface area contributed by atoms with Crippen molar-refractivity contribution in [2.75, 3.05) is 11.9 Å². The number of nitrogens with zero attached hydrogens (tertiary/aromatic N) is 1. The largest absolute Gasteiger partial charge is 0.483 e. The third-order valence-electron chi connectivity index (χ3n) is 2.05. The van der Waals surface area contributed by atoms with Crippen molar-refractivity contribution in [1.29, 1.82) is 0 Å². The number of carboxylic acids is 1. The molecule has 0 aliphatic carbocycles. The summed E-state index contributed by atoms with van der Waals surface area (Å²) in [6, 6.07) is 2.93. The van der Waals surface area contributed by atoms with E-state index >= 15 is 0 Å². The zero-order valence-corrected chi connectivity index (χ0v) is 10.7. The molecule has 8 heteroatoms. The molecule has 1 amide bonds. The first-order chi connectivity index (χ1) is 9.04. The van der Waals surface area contributed by atoms with E-state index in [-0.39, 0.29) is 17.4 Å². The first-order valence-electron chi connectivity index (χ1n) is 5.22. The second-order valence-electron chi connectivity index (χ2n) is 3.62. The van der Waals surface area contributed by atoms with E-state index in [0.717, 1.165) is 11.3 Å². The van der Waals surface area contributed by atoms with Gasteiger partial charge in [-0.15, -0.1) is 11.3 Å². The Balaban J connectivity index is 1.84. The lowest BCUT2D eigenvalue weighted by Crippen LogP contribution is -2.19. The number of carbonyl (C=O) groups excluding carboxylic acids is 1. The Morgan fingerprint density at radius 3 is 2.89 bits per heavy atom. The lowest BCUT2D eigenvalue weighted by atomic mass is 10.4. The van der Waals surface area contributed by atoms with E-state index < -0.39 is 11.9 Å². The predicted octanol–water partition coefficient (Wildman–Crippen LogP) is 1.76. The second-order valence-corrected chi connectivity index (χ2v) is 4.53. The van der Waals surface area contributed by atoms with Crippen LogP contribution in [0.5, 0.6) is 5.75 Å². The van der Waals surface area contributed by atoms with Gasteiger partial charge in [-0.3, -0.25) is 10.1 Å². The zero-order valence-electron chi connectivity index (χ0n) is 9.87. The molecule has 2 heterocycles. The summed E-state index contributed by atoms with van der Waals surface area (Å²) in [7, 11) is 0. The molecule has 0 aliphatic rings. The van der Waals surface area contributed by atoms with Crippen LogP contribution in [0.3, 0.4) is 0 Å². The third-order valence-corrected chi connectivity index (χ3v) is 2.94. The minimum absolute atomic E-state index is 0.154. The molecular formula is C11H10N2O5S. The van der Waals surface area contributed by atoms with Gasteiger partial charge in [0.05, 0.1) is 5.69 Å². The lowest BCUT2D eigenvalue weighted by Gasteiger charge is -2.02. The number of aromatic carboxylic acids is 1. The van der Waals surface area contributed by atoms with E-state index in [4.69, 9.17) is 14.4 Å². The van der Waals surface area contributed by atoms with E-state index in [1.54, 1.807) is 13.0 Å². The maximum atomic E-state index is 11.5. The molecule has 0 aromatic carbocycles. The third kappa shape index (κ3) is 3.55. The number of carboxylic acid groups (broad SMARTS) is 1. The summed E-state index contributed by atoms with van der Waals surface area (Å²) < 4.78 is 9.96. The molecule has 0 fully saturated rings. The molecule has 0 spiro atoms. The number of amides is 1. The summed E-state index contributed by atoms with van der Waals surface area (Å²) >= 11 is 1.03. The first-order valence-corrected chi connectivity index (χ1v) is 6.10. The Morgan fingerprint density at radius 1 is 1.53 bits per heavy atom. The summed E-state index contributed by atoms with van der Waals surface area (Å²) in [6.45, 7) is 1.49. The summed E-state index contributed by atoms with van der Waals surface area (Å²) in [4.78, 5) is 22.3. The standard InChI is InChI=1S/C11H10N2O5S/c1-6-2-10(18-13-6)12-9(14)4-17-7-3-8(11(15)16)19-5-7/h2-3,5H,4H2,1H3,(H,12,14)(H,15,16). The molecular weight excluding hydrogens is 272 g/mol. The van der Waals surface area contributed by atoms with Crippen molar-refractivity contribution < 1.29 is 24.0 Å². The van der Waals surface area contributed by atoms with E-state index in [0.29, 0.717) is 11.4 Å². The van der Waals surface area contributed by atoms with E-state index in [2.05, 4.69) is 10.5 Å². The lowest BCUT2D eigenvalue weighted by molar-refractivity contribution is -0.118. The molecule has 0 radical (unpaired) electrons. The molecule has 2 aromatic rings. The summed E-state index contributed by atoms with van der Waals surface area (Å²) in [5, 5.41) is 16.3. The molecule has 0 saturated carbocycles. The Hall–Kier alpha value is -2.35. The van der Waals surface area contributed by atoms with Crippen LogP contribution in [-0.2, 0) is 4.79 Å². The molecule has 100 valence electrons. The minimum atomic E-state index is -1.03. The SMILES string of the molecule is Cc1cc(NC(=O)COc2csc(C(=O)O)c2)on1. The highest BCUT2D eigenvalue weighted by Gasteiger charge is 2.10. The number of aryl methyl sites for hydroxylation is 1. The number of hydrogen-bond acceptors (Lipinski definition) is 6. The van der Waals surface area contributed by atoms with Crippen molar-refractivity contribution in [1.82, 2.24) is 5.16 Å². The van der Waals surface area contributed by atoms with Crippen molar-refractivity contribution in [3.8, 4) is 5.75 Å². The molecule has 7 nitrogen and oxygen atoms in total. The highest BCUT2D eigenvalue weighted by atomic mass is 32.1. The fraction of sp³-hybridized carbons (Fsp3) is 0.182. The number of anilines is 1. The summed E-state index contributed by atoms with van der Waals surface area (Å²) in [5.41, 5.74) is 0.653. The number of aromatic nitrogens is 1. The highest BCUT2D eigenvalue weighted by Crippen LogP contribution is 2.21. The molecule has 2 rings (SSSR count). The van der Waals surface area contributed by atoms with Gasteiger partial charge >= 0.3 is 5.97 Å². The average molecular weight is 282 g/mol. The second kappa shape index (κ2) is 5.53. The smallest absolute Gasteiger partial charge is 0.346 e. The number of ether oxygens (including phenoxy) is 1. The van der Waals surface area contributed by atoms with Crippen LogP contribution in [0.1, 0.15) is 15.4 Å². The van der Waals surface area contributed by atoms with Gasteiger partial charge in [0.1, 0.15) is 10.6 Å². The predicted molar refractivity (Wildman–Crippen MR) is 66.6 cm³/mol. The number of hydrogen-bond donors (Lipinski definition) is 2. The zero-order chi connectivity index (χ0) is 13.8. The highest BCUT2D eigenvalue weighted by molar-refractivity contribution is 7.12. The van der Waals surface area contributed by atoms with Crippen LogP contribution in [0.4, 0.5) is 5.88 Å². The van der Waals surface area contributed by atoms with Crippen LogP contribution in [0.25, 0.3) is 0 Å². The van der Waals surface area contributed by atoms with Crippen LogP contribution in [0, 0.1) is 6.92 Å². The molecule has 0 bridgehead atoms. The molecule has 0 unspecified atom stereocenters. The van der Waals surface area contributed by atoms with Crippen molar-refractivity contribution in [2.24, 2.45) is 0 Å². The Bertz CT molecular complexity index is 604. The van der Waals surface area contributed by atoms with E-state index in [1.807, 2.05) is 0 Å². The summed E-state index contributed by atoms with van der Waals surface area (Å²) in [5.74, 6) is -0.866. The van der Waals surface area contributed by atoms with Crippen molar-refractivity contribution in [3.63, 3.8) is 0 Å². The Labute approximate surface area is 111 Å². The van der Waals surface area contributed by atoms with Gasteiger partial charge < -0.3 is 14.4 Å². The number of thiophene rings is 1. The van der Waals surface area contributed by atoms with Gasteiger partial charge in [-0.1, -0.05) is 5.16 Å². The quantitative estimate of drug-likeness (QED) is 0.866. The van der Waals surface area contributed by atoms with Crippen LogP contribution in [-0.4, -0.2) is 28.7 Å². The van der Waals surface area contributed by atoms with Gasteiger partial charge in [-0.2, -0.15) is 0 Å². The van der Waals surface area contributed by atoms with Gasteiger partial charge in [0, 0.05) is 17.5 Å². The van der Waals surface area contributed by atoms with Crippen molar-refractivity contribution >= 4 is 29.1 Å². The summed E-state index contributed by atoms with van der Waals surface area (Å²) in [6.07, 6.45) is 0. The molecule has 0 aliphatic heterocycles. The first kappa shape index (κ1) is 13.1. The van der Waals surface area contributed by atoms with Gasteiger partial charge in [0.25, 0.3) is 5.91 Å². The minimum Gasteiger partial charge on any atom is -0.483 e. The Morgan fingerprint density at radius 2 is 2.32 bits per heavy atom. The van der Waals surface area contributed by atoms with Crippen LogP contribution >= 0.6 is 11.3 Å². The number of nitrogens with one attached hydrogen (secondary N) is 1. The van der Waals surface area contributed by atoms with E-state index in [9.17, 15) is 9.59 Å². The van der Waals surface area contributed by atoms with Crippen LogP contribution < -0.4 is 10.1 Å². The Kier molecular flexibility index (Phi) is 3.81. The molecule has 19 heavy (non-hydrogen) atoms. The van der Waals surface area contributed by atoms with Crippen LogP contribution in [0.2, 0.25) is 0 Å². The van der Waals surface area contributed by atoms with E-state index in [1.165, 1.54) is 11.4 Å². The monoisotopic (exact) mass is 282 g/mol. The van der Waals surface area contributed by atoms with Crippen molar-refractivity contribution in [3.05, 3.63) is 28.1 Å². The maximum Gasteiger partial charge on any atom is 0.346 e. The fourth-order valence-corrected chi connectivity index (χ4v) is 1.92. The topological polar surface area (TPSA) is 102 Å². The maximum absolute atomic E-state index is 11.5. The molecule has 2 aromatic heterocycles. The molecule has 0 atom stereocenters. The number of rotatable bonds is 5. The average Bonchev–Trinajstić information content (AvgIpc) is 2.96. The number of carbonyl (C=O) groups is 2. The molecule has 0 saturated heterocycles. The normalized spacial score (nSPS) is 10.2. The van der Waals surface area contributed by atoms with Gasteiger partial charge in [-0.05, 0) is 6.92 Å². The molecule has 2 N–H and O–H groups in total.